The highest BCUT2D eigenvalue weighted by molar-refractivity contribution is 7.09. The largest absolute Gasteiger partial charge is 0.393 e. The van der Waals surface area contributed by atoms with E-state index < -0.39 is 0 Å². The summed E-state index contributed by atoms with van der Waals surface area (Å²) in [6.45, 7) is 1.22. The first-order valence-electron chi connectivity index (χ1n) is 7.10. The Hall–Kier alpha value is -1.72. The summed E-state index contributed by atoms with van der Waals surface area (Å²) in [6.07, 6.45) is 4.38. The Morgan fingerprint density at radius 2 is 2.05 bits per heavy atom. The highest BCUT2D eigenvalue weighted by Gasteiger charge is 2.35. The molecule has 0 aromatic carbocycles. The highest BCUT2D eigenvalue weighted by atomic mass is 32.1. The van der Waals surface area contributed by atoms with Crippen LogP contribution in [-0.2, 0) is 17.9 Å². The number of hydrogen-bond donors (Lipinski definition) is 1. The summed E-state index contributed by atoms with van der Waals surface area (Å²) in [7, 11) is 0. The Labute approximate surface area is 128 Å². The van der Waals surface area contributed by atoms with Gasteiger partial charge in [0.05, 0.1) is 12.6 Å². The van der Waals surface area contributed by atoms with Crippen molar-refractivity contribution in [2.24, 2.45) is 5.92 Å². The molecule has 4 nitrogen and oxygen atoms in total. The van der Waals surface area contributed by atoms with Crippen LogP contribution < -0.4 is 0 Å². The molecule has 21 heavy (non-hydrogen) atoms. The zero-order chi connectivity index (χ0) is 14.7. The number of nitrogens with zero attached hydrogens (tertiary/aromatic N) is 2. The quantitative estimate of drug-likeness (QED) is 0.923. The molecule has 3 rings (SSSR count). The van der Waals surface area contributed by atoms with E-state index in [1.807, 2.05) is 34.5 Å². The van der Waals surface area contributed by atoms with Crippen LogP contribution in [0.1, 0.15) is 23.3 Å². The van der Waals surface area contributed by atoms with E-state index in [-0.39, 0.29) is 17.9 Å². The Bertz CT molecular complexity index is 580. The molecule has 2 aromatic heterocycles. The summed E-state index contributed by atoms with van der Waals surface area (Å²) >= 11 is 1.66. The maximum absolute atomic E-state index is 12.6. The van der Waals surface area contributed by atoms with Crippen molar-refractivity contribution < 1.29 is 9.90 Å². The van der Waals surface area contributed by atoms with Crippen LogP contribution in [0.4, 0.5) is 0 Å². The van der Waals surface area contributed by atoms with Crippen molar-refractivity contribution >= 4 is 17.2 Å². The van der Waals surface area contributed by atoms with E-state index in [2.05, 4.69) is 4.98 Å². The molecular weight excluding hydrogens is 284 g/mol. The van der Waals surface area contributed by atoms with Gasteiger partial charge in [0, 0.05) is 29.7 Å². The third-order valence-corrected chi connectivity index (χ3v) is 4.68. The molecule has 0 spiro atoms. The van der Waals surface area contributed by atoms with Crippen molar-refractivity contribution in [3.63, 3.8) is 0 Å². The van der Waals surface area contributed by atoms with Crippen LogP contribution in [0.15, 0.2) is 42.0 Å². The van der Waals surface area contributed by atoms with Crippen molar-refractivity contribution in [3.05, 3.63) is 52.5 Å². The van der Waals surface area contributed by atoms with Crippen molar-refractivity contribution in [3.8, 4) is 0 Å². The fraction of sp³-hybridized carbons (Fsp3) is 0.375. The number of pyridine rings is 1. The minimum absolute atomic E-state index is 0.0261. The van der Waals surface area contributed by atoms with Crippen LogP contribution in [0.3, 0.4) is 0 Å². The smallest absolute Gasteiger partial charge is 0.226 e. The monoisotopic (exact) mass is 302 g/mol. The molecule has 2 aromatic rings. The zero-order valence-electron chi connectivity index (χ0n) is 11.7. The molecule has 0 bridgehead atoms. The van der Waals surface area contributed by atoms with Gasteiger partial charge in [-0.15, -0.1) is 11.3 Å². The normalized spacial score (nSPS) is 20.8. The summed E-state index contributed by atoms with van der Waals surface area (Å²) in [4.78, 5) is 19.7. The number of aliphatic hydroxyl groups excluding tert-OH is 1. The fourth-order valence-electron chi connectivity index (χ4n) is 2.56. The number of aliphatic hydroxyl groups is 1. The molecule has 0 saturated heterocycles. The van der Waals surface area contributed by atoms with E-state index in [1.165, 1.54) is 4.88 Å². The van der Waals surface area contributed by atoms with Gasteiger partial charge in [-0.05, 0) is 42.0 Å². The summed E-state index contributed by atoms with van der Waals surface area (Å²) in [5, 5.41) is 11.4. The number of amides is 1. The third kappa shape index (κ3) is 3.49. The molecule has 2 heterocycles. The minimum Gasteiger partial charge on any atom is -0.393 e. The Kier molecular flexibility index (Phi) is 4.31. The first-order valence-corrected chi connectivity index (χ1v) is 7.98. The Morgan fingerprint density at radius 3 is 2.67 bits per heavy atom. The van der Waals surface area contributed by atoms with Crippen molar-refractivity contribution in [2.45, 2.75) is 32.0 Å². The van der Waals surface area contributed by atoms with Gasteiger partial charge in [0.1, 0.15) is 0 Å². The van der Waals surface area contributed by atoms with Crippen molar-refractivity contribution in [1.29, 1.82) is 0 Å². The second kappa shape index (κ2) is 6.37. The number of thiophene rings is 1. The zero-order valence-corrected chi connectivity index (χ0v) is 12.5. The van der Waals surface area contributed by atoms with Gasteiger partial charge in [-0.1, -0.05) is 6.07 Å². The lowest BCUT2D eigenvalue weighted by Crippen LogP contribution is -2.43. The van der Waals surface area contributed by atoms with Gasteiger partial charge in [0.25, 0.3) is 0 Å². The molecule has 0 unspecified atom stereocenters. The van der Waals surface area contributed by atoms with Gasteiger partial charge in [0.2, 0.25) is 5.91 Å². The Balaban J connectivity index is 1.72. The van der Waals surface area contributed by atoms with Crippen LogP contribution in [0.5, 0.6) is 0 Å². The van der Waals surface area contributed by atoms with Gasteiger partial charge in [-0.25, -0.2) is 0 Å². The van der Waals surface area contributed by atoms with Crippen LogP contribution in [0.2, 0.25) is 0 Å². The van der Waals surface area contributed by atoms with Gasteiger partial charge >= 0.3 is 0 Å². The average Bonchev–Trinajstić information content (AvgIpc) is 2.97. The number of carbonyl (C=O) groups excluding carboxylic acids is 1. The molecule has 0 radical (unpaired) electrons. The van der Waals surface area contributed by atoms with Gasteiger partial charge in [-0.3, -0.25) is 9.78 Å². The molecule has 1 aliphatic carbocycles. The van der Waals surface area contributed by atoms with Crippen molar-refractivity contribution in [2.75, 3.05) is 0 Å². The van der Waals surface area contributed by atoms with E-state index in [4.69, 9.17) is 0 Å². The number of carbonyl (C=O) groups is 1. The van der Waals surface area contributed by atoms with E-state index >= 15 is 0 Å². The lowest BCUT2D eigenvalue weighted by Gasteiger charge is -2.35. The number of rotatable bonds is 5. The van der Waals surface area contributed by atoms with Crippen molar-refractivity contribution in [1.82, 2.24) is 9.88 Å². The molecular formula is C16H18N2O2S. The summed E-state index contributed by atoms with van der Waals surface area (Å²) in [6, 6.07) is 7.92. The lowest BCUT2D eigenvalue weighted by molar-refractivity contribution is -0.143. The van der Waals surface area contributed by atoms with Crippen LogP contribution in [0.25, 0.3) is 0 Å². The second-order valence-corrected chi connectivity index (χ2v) is 6.48. The first kappa shape index (κ1) is 14.2. The maximum atomic E-state index is 12.6. The maximum Gasteiger partial charge on any atom is 0.226 e. The second-order valence-electron chi connectivity index (χ2n) is 5.45. The van der Waals surface area contributed by atoms with Gasteiger partial charge in [0.15, 0.2) is 0 Å². The Morgan fingerprint density at radius 1 is 1.29 bits per heavy atom. The van der Waals surface area contributed by atoms with E-state index in [1.54, 1.807) is 23.7 Å². The number of hydrogen-bond acceptors (Lipinski definition) is 4. The summed E-state index contributed by atoms with van der Waals surface area (Å²) < 4.78 is 0. The molecule has 1 amide bonds. The SMILES string of the molecule is O=C(C1CC(O)C1)N(Cc1ccncc1)Cc1cccs1. The molecule has 1 saturated carbocycles. The highest BCUT2D eigenvalue weighted by Crippen LogP contribution is 2.30. The van der Waals surface area contributed by atoms with Crippen LogP contribution >= 0.6 is 11.3 Å². The van der Waals surface area contributed by atoms with E-state index in [9.17, 15) is 9.90 Å². The first-order chi connectivity index (χ1) is 10.2. The standard InChI is InChI=1S/C16H18N2O2S/c19-14-8-13(9-14)16(20)18(11-15-2-1-7-21-15)10-12-3-5-17-6-4-12/h1-7,13-14,19H,8-11H2. The number of aromatic nitrogens is 1. The van der Waals surface area contributed by atoms with E-state index in [0.717, 1.165) is 5.56 Å². The molecule has 1 N–H and O–H groups in total. The molecule has 1 fully saturated rings. The van der Waals surface area contributed by atoms with Gasteiger partial charge in [-0.2, -0.15) is 0 Å². The average molecular weight is 302 g/mol. The van der Waals surface area contributed by atoms with Crippen LogP contribution in [-0.4, -0.2) is 27.0 Å². The molecule has 5 heteroatoms. The predicted molar refractivity (Wildman–Crippen MR) is 81.5 cm³/mol. The predicted octanol–water partition coefficient (Wildman–Crippen LogP) is 2.44. The fourth-order valence-corrected chi connectivity index (χ4v) is 3.28. The molecule has 0 aliphatic heterocycles. The lowest BCUT2D eigenvalue weighted by atomic mass is 9.81. The van der Waals surface area contributed by atoms with E-state index in [0.29, 0.717) is 25.9 Å². The molecule has 110 valence electrons. The van der Waals surface area contributed by atoms with Gasteiger partial charge < -0.3 is 10.0 Å². The molecule has 0 atom stereocenters. The topological polar surface area (TPSA) is 53.4 Å². The minimum atomic E-state index is -0.302. The third-order valence-electron chi connectivity index (χ3n) is 3.82. The summed E-state index contributed by atoms with van der Waals surface area (Å²) in [5.41, 5.74) is 1.08. The van der Waals surface area contributed by atoms with Crippen LogP contribution in [0, 0.1) is 5.92 Å². The summed E-state index contributed by atoms with van der Waals surface area (Å²) in [5.74, 6) is 0.118. The molecule has 1 aliphatic rings.